The number of pyridine rings is 1. The van der Waals surface area contributed by atoms with E-state index in [1.54, 1.807) is 0 Å². The summed E-state index contributed by atoms with van der Waals surface area (Å²) in [6.07, 6.45) is 8.32. The Bertz CT molecular complexity index is 806. The molecule has 0 aromatic carbocycles. The molecule has 0 bridgehead atoms. The first-order valence-corrected chi connectivity index (χ1v) is 8.84. The lowest BCUT2D eigenvalue weighted by molar-refractivity contribution is -0.124. The van der Waals surface area contributed by atoms with Crippen molar-refractivity contribution in [2.24, 2.45) is 5.92 Å². The number of hydrogen-bond acceptors (Lipinski definition) is 3. The van der Waals surface area contributed by atoms with Crippen LogP contribution in [0.5, 0.6) is 0 Å². The van der Waals surface area contributed by atoms with Gasteiger partial charge >= 0.3 is 0 Å². The summed E-state index contributed by atoms with van der Waals surface area (Å²) in [4.78, 5) is 12.6. The Kier molecular flexibility index (Phi) is 5.48. The number of amides is 1. The molecule has 1 atom stereocenters. The summed E-state index contributed by atoms with van der Waals surface area (Å²) in [7, 11) is 0. The number of hydrogen-bond donors (Lipinski definition) is 1. The van der Waals surface area contributed by atoms with Crippen molar-refractivity contribution in [2.45, 2.75) is 39.2 Å². The predicted octanol–water partition coefficient (Wildman–Crippen LogP) is 2.87. The van der Waals surface area contributed by atoms with Crippen molar-refractivity contribution in [1.29, 1.82) is 0 Å². The van der Waals surface area contributed by atoms with Gasteiger partial charge in [0.2, 0.25) is 5.91 Å². The van der Waals surface area contributed by atoms with Gasteiger partial charge in [-0.15, -0.1) is 10.2 Å². The van der Waals surface area contributed by atoms with Gasteiger partial charge in [0.05, 0.1) is 0 Å². The number of carbonyl (C=O) groups is 1. The number of carbonyl (C=O) groups excluding carboxylic acids is 1. The van der Waals surface area contributed by atoms with Crippen molar-refractivity contribution in [2.75, 3.05) is 6.54 Å². The summed E-state index contributed by atoms with van der Waals surface area (Å²) < 4.78 is 3.98. The first-order chi connectivity index (χ1) is 12.1. The van der Waals surface area contributed by atoms with Gasteiger partial charge in [0.1, 0.15) is 11.9 Å². The molecule has 0 spiro atoms. The van der Waals surface area contributed by atoms with E-state index in [4.69, 9.17) is 0 Å². The Morgan fingerprint density at radius 2 is 1.88 bits per heavy atom. The van der Waals surface area contributed by atoms with Crippen LogP contribution >= 0.6 is 0 Å². The van der Waals surface area contributed by atoms with Crippen LogP contribution in [-0.4, -0.2) is 31.6 Å². The van der Waals surface area contributed by atoms with Gasteiger partial charge in [-0.3, -0.25) is 9.20 Å². The van der Waals surface area contributed by atoms with Gasteiger partial charge in [-0.25, -0.2) is 0 Å². The van der Waals surface area contributed by atoms with Crippen LogP contribution in [0.2, 0.25) is 0 Å². The molecule has 3 rings (SSSR count). The van der Waals surface area contributed by atoms with Gasteiger partial charge in [0.25, 0.3) is 0 Å². The van der Waals surface area contributed by atoms with Gasteiger partial charge in [0.15, 0.2) is 5.65 Å². The highest BCUT2D eigenvalue weighted by Crippen LogP contribution is 2.18. The average molecular weight is 339 g/mol. The monoisotopic (exact) mass is 339 g/mol. The molecule has 1 N–H and O–H groups in total. The lowest BCUT2D eigenvalue weighted by atomic mass is 10.0. The third kappa shape index (κ3) is 4.26. The van der Waals surface area contributed by atoms with Crippen molar-refractivity contribution in [3.05, 3.63) is 54.7 Å². The van der Waals surface area contributed by atoms with Crippen LogP contribution in [0.3, 0.4) is 0 Å². The van der Waals surface area contributed by atoms with Crippen LogP contribution in [0.4, 0.5) is 0 Å². The summed E-state index contributed by atoms with van der Waals surface area (Å²) in [6, 6.07) is 9.61. The second kappa shape index (κ2) is 7.96. The molecule has 1 unspecified atom stereocenters. The number of fused-ring (bicyclic) bond motifs is 1. The highest BCUT2D eigenvalue weighted by molar-refractivity contribution is 5.80. The van der Waals surface area contributed by atoms with E-state index in [1.165, 1.54) is 0 Å². The van der Waals surface area contributed by atoms with Crippen molar-refractivity contribution < 1.29 is 4.79 Å². The minimum absolute atomic E-state index is 0.0796. The summed E-state index contributed by atoms with van der Waals surface area (Å²) in [6.45, 7) is 4.91. The Labute approximate surface area is 147 Å². The molecule has 1 amide bonds. The molecule has 3 heterocycles. The fraction of sp³-hybridized carbons (Fsp3) is 0.421. The van der Waals surface area contributed by atoms with Gasteiger partial charge in [0, 0.05) is 31.6 Å². The van der Waals surface area contributed by atoms with Crippen LogP contribution in [0.25, 0.3) is 5.65 Å². The SMILES string of the molecule is CC(C)CC(C(=O)NCCCc1nnc2ccccn12)n1cccc1. The van der Waals surface area contributed by atoms with Crippen molar-refractivity contribution >= 4 is 11.6 Å². The standard InChI is InChI=1S/C19H25N5O/c1-15(2)14-16(23-11-5-6-12-23)19(25)20-10-7-9-18-22-21-17-8-3-4-13-24(17)18/h3-6,8,11-13,15-16H,7,9-10,14H2,1-2H3,(H,20,25). The van der Waals surface area contributed by atoms with E-state index >= 15 is 0 Å². The minimum atomic E-state index is -0.149. The Morgan fingerprint density at radius 3 is 2.64 bits per heavy atom. The quantitative estimate of drug-likeness (QED) is 0.642. The molecule has 0 aliphatic heterocycles. The van der Waals surface area contributed by atoms with Crippen LogP contribution < -0.4 is 5.32 Å². The summed E-state index contributed by atoms with van der Waals surface area (Å²) in [5.41, 5.74) is 0.853. The van der Waals surface area contributed by atoms with Gasteiger partial charge in [-0.05, 0) is 43.0 Å². The zero-order valence-electron chi connectivity index (χ0n) is 14.8. The lowest BCUT2D eigenvalue weighted by Crippen LogP contribution is -2.33. The zero-order chi connectivity index (χ0) is 17.6. The van der Waals surface area contributed by atoms with Crippen LogP contribution in [0.1, 0.15) is 38.6 Å². The zero-order valence-corrected chi connectivity index (χ0v) is 14.8. The minimum Gasteiger partial charge on any atom is -0.354 e. The van der Waals surface area contributed by atoms with E-state index in [0.29, 0.717) is 12.5 Å². The molecule has 0 radical (unpaired) electrons. The average Bonchev–Trinajstić information content (AvgIpc) is 3.26. The third-order valence-corrected chi connectivity index (χ3v) is 4.25. The molecular weight excluding hydrogens is 314 g/mol. The molecule has 3 aromatic rings. The molecule has 6 nitrogen and oxygen atoms in total. The van der Waals surface area contributed by atoms with E-state index in [0.717, 1.165) is 30.7 Å². The normalized spacial score (nSPS) is 12.6. The van der Waals surface area contributed by atoms with Gasteiger partial charge < -0.3 is 9.88 Å². The topological polar surface area (TPSA) is 64.2 Å². The molecule has 0 saturated carbocycles. The summed E-state index contributed by atoms with van der Waals surface area (Å²) in [5, 5.41) is 11.4. The first kappa shape index (κ1) is 17.2. The van der Waals surface area contributed by atoms with Gasteiger partial charge in [-0.2, -0.15) is 0 Å². The summed E-state index contributed by atoms with van der Waals surface area (Å²) >= 11 is 0. The van der Waals surface area contributed by atoms with E-state index in [1.807, 2.05) is 57.9 Å². The molecule has 0 aliphatic carbocycles. The van der Waals surface area contributed by atoms with Crippen LogP contribution in [0.15, 0.2) is 48.9 Å². The van der Waals surface area contributed by atoms with E-state index in [2.05, 4.69) is 29.4 Å². The highest BCUT2D eigenvalue weighted by atomic mass is 16.2. The number of nitrogens with zero attached hydrogens (tertiary/aromatic N) is 4. The second-order valence-corrected chi connectivity index (χ2v) is 6.72. The lowest BCUT2D eigenvalue weighted by Gasteiger charge is -2.20. The molecular formula is C19H25N5O. The van der Waals surface area contributed by atoms with E-state index in [-0.39, 0.29) is 11.9 Å². The smallest absolute Gasteiger partial charge is 0.243 e. The highest BCUT2D eigenvalue weighted by Gasteiger charge is 2.20. The van der Waals surface area contributed by atoms with E-state index < -0.39 is 0 Å². The Hall–Kier alpha value is -2.63. The van der Waals surface area contributed by atoms with Crippen molar-refractivity contribution in [3.63, 3.8) is 0 Å². The predicted molar refractivity (Wildman–Crippen MR) is 97.2 cm³/mol. The van der Waals surface area contributed by atoms with Gasteiger partial charge in [-0.1, -0.05) is 19.9 Å². The van der Waals surface area contributed by atoms with Crippen LogP contribution in [-0.2, 0) is 11.2 Å². The van der Waals surface area contributed by atoms with Crippen molar-refractivity contribution in [1.82, 2.24) is 24.5 Å². The number of aryl methyl sites for hydroxylation is 1. The number of rotatable bonds is 8. The Balaban J connectivity index is 1.53. The van der Waals surface area contributed by atoms with Crippen LogP contribution in [0, 0.1) is 5.92 Å². The molecule has 0 aliphatic rings. The molecule has 3 aromatic heterocycles. The van der Waals surface area contributed by atoms with Crippen molar-refractivity contribution in [3.8, 4) is 0 Å². The molecule has 6 heteroatoms. The molecule has 0 saturated heterocycles. The Morgan fingerprint density at radius 1 is 1.12 bits per heavy atom. The molecule has 132 valence electrons. The third-order valence-electron chi connectivity index (χ3n) is 4.25. The second-order valence-electron chi connectivity index (χ2n) is 6.72. The maximum Gasteiger partial charge on any atom is 0.243 e. The maximum atomic E-state index is 12.6. The number of aromatic nitrogens is 4. The fourth-order valence-corrected chi connectivity index (χ4v) is 3.00. The summed E-state index contributed by atoms with van der Waals surface area (Å²) in [5.74, 6) is 1.46. The first-order valence-electron chi connectivity index (χ1n) is 8.84. The van der Waals surface area contributed by atoms with E-state index in [9.17, 15) is 4.79 Å². The number of nitrogens with one attached hydrogen (secondary N) is 1. The maximum absolute atomic E-state index is 12.6. The fourth-order valence-electron chi connectivity index (χ4n) is 3.00. The molecule has 25 heavy (non-hydrogen) atoms. The molecule has 0 fully saturated rings. The largest absolute Gasteiger partial charge is 0.354 e.